The van der Waals surface area contributed by atoms with Gasteiger partial charge in [0.15, 0.2) is 0 Å². The number of hydrogen-bond donors (Lipinski definition) is 2. The van der Waals surface area contributed by atoms with Crippen LogP contribution in [0.3, 0.4) is 0 Å². The summed E-state index contributed by atoms with van der Waals surface area (Å²) in [6.07, 6.45) is 3.21. The summed E-state index contributed by atoms with van der Waals surface area (Å²) in [5, 5.41) is 21.7. The number of benzene rings is 2. The molecule has 0 saturated carbocycles. The van der Waals surface area contributed by atoms with Gasteiger partial charge in [-0.1, -0.05) is 6.07 Å². The largest absolute Gasteiger partial charge is 0.565 e. The zero-order valence-corrected chi connectivity index (χ0v) is 16.1. The molecule has 4 aromatic rings. The Balaban J connectivity index is 1.97. The van der Waals surface area contributed by atoms with Crippen molar-refractivity contribution in [2.24, 2.45) is 0 Å². The third kappa shape index (κ3) is 3.51. The first-order valence-corrected chi connectivity index (χ1v) is 9.40. The smallest absolute Gasteiger partial charge is 0.508 e. The minimum absolute atomic E-state index is 0.187. The summed E-state index contributed by atoms with van der Waals surface area (Å²) in [5.74, 6) is 0.373. The topological polar surface area (TPSA) is 120 Å². The van der Waals surface area contributed by atoms with Crippen LogP contribution in [0.4, 0.5) is 5.69 Å². The van der Waals surface area contributed by atoms with Crippen molar-refractivity contribution in [1.82, 2.24) is 15.2 Å². The van der Waals surface area contributed by atoms with E-state index in [1.165, 1.54) is 24.6 Å². The Labute approximate surface area is 170 Å². The highest BCUT2D eigenvalue weighted by atomic mass is 32.1. The lowest BCUT2D eigenvalue weighted by Crippen LogP contribution is -2.34. The molecule has 0 atom stereocenters. The SMILES string of the molecule is COc1cc(-c2nccs2)c(-c2ccc3c(N)cnnc3c2)cc1B(O)OC=O. The fourth-order valence-electron chi connectivity index (χ4n) is 3.11. The van der Waals surface area contributed by atoms with Gasteiger partial charge in [0.05, 0.1) is 24.5 Å². The van der Waals surface area contributed by atoms with Crippen LogP contribution < -0.4 is 15.9 Å². The predicted molar refractivity (Wildman–Crippen MR) is 112 cm³/mol. The Hall–Kier alpha value is -3.50. The molecular formula is C19H15BN4O4S. The van der Waals surface area contributed by atoms with E-state index in [2.05, 4.69) is 15.2 Å². The number of nitrogen functional groups attached to an aromatic ring is 1. The van der Waals surface area contributed by atoms with E-state index in [4.69, 9.17) is 15.1 Å². The van der Waals surface area contributed by atoms with E-state index in [-0.39, 0.29) is 6.47 Å². The molecule has 4 rings (SSSR count). The zero-order valence-electron chi connectivity index (χ0n) is 15.3. The van der Waals surface area contributed by atoms with Crippen molar-refractivity contribution < 1.29 is 19.2 Å². The normalized spacial score (nSPS) is 10.7. The minimum atomic E-state index is -1.47. The summed E-state index contributed by atoms with van der Waals surface area (Å²) in [7, 11) is 0.00837. The van der Waals surface area contributed by atoms with Crippen molar-refractivity contribution in [3.8, 4) is 27.4 Å². The molecule has 3 N–H and O–H groups in total. The number of carbonyl (C=O) groups is 1. The van der Waals surface area contributed by atoms with Gasteiger partial charge in [-0.05, 0) is 35.4 Å². The average Bonchev–Trinajstić information content (AvgIpc) is 3.27. The third-order valence-electron chi connectivity index (χ3n) is 4.47. The summed E-state index contributed by atoms with van der Waals surface area (Å²) < 4.78 is 10.1. The molecule has 0 aliphatic heterocycles. The molecule has 0 aliphatic rings. The van der Waals surface area contributed by atoms with E-state index < -0.39 is 7.12 Å². The molecule has 0 radical (unpaired) electrons. The van der Waals surface area contributed by atoms with Crippen molar-refractivity contribution in [1.29, 1.82) is 0 Å². The second-order valence-corrected chi connectivity index (χ2v) is 6.99. The van der Waals surface area contributed by atoms with E-state index in [9.17, 15) is 9.82 Å². The predicted octanol–water partition coefficient (Wildman–Crippen LogP) is 1.87. The molecule has 0 fully saturated rings. The number of hydrogen-bond acceptors (Lipinski definition) is 9. The number of thiazole rings is 1. The highest BCUT2D eigenvalue weighted by Gasteiger charge is 2.26. The molecule has 10 heteroatoms. The molecule has 0 unspecified atom stereocenters. The van der Waals surface area contributed by atoms with Crippen molar-refractivity contribution in [2.75, 3.05) is 12.8 Å². The summed E-state index contributed by atoms with van der Waals surface area (Å²) in [6, 6.07) is 9.09. The van der Waals surface area contributed by atoms with Crippen LogP contribution in [0.25, 0.3) is 32.6 Å². The number of anilines is 1. The van der Waals surface area contributed by atoms with Crippen LogP contribution in [0.1, 0.15) is 0 Å². The van der Waals surface area contributed by atoms with Crippen LogP contribution in [0, 0.1) is 0 Å². The Kier molecular flexibility index (Phi) is 5.11. The number of nitrogens with two attached hydrogens (primary N) is 1. The molecule has 2 aromatic heterocycles. The van der Waals surface area contributed by atoms with Crippen molar-refractivity contribution in [3.05, 3.63) is 48.1 Å². The second-order valence-electron chi connectivity index (χ2n) is 6.09. The molecule has 0 bridgehead atoms. The maximum absolute atomic E-state index is 10.7. The van der Waals surface area contributed by atoms with Gasteiger partial charge in [0.2, 0.25) is 0 Å². The number of rotatable bonds is 6. The van der Waals surface area contributed by atoms with Gasteiger partial charge in [0, 0.05) is 28.0 Å². The van der Waals surface area contributed by atoms with Crippen LogP contribution >= 0.6 is 11.3 Å². The summed E-state index contributed by atoms with van der Waals surface area (Å²) in [4.78, 5) is 15.1. The Morgan fingerprint density at radius 2 is 2.10 bits per heavy atom. The first-order chi connectivity index (χ1) is 14.1. The molecule has 8 nitrogen and oxygen atoms in total. The highest BCUT2D eigenvalue weighted by Crippen LogP contribution is 2.36. The van der Waals surface area contributed by atoms with Gasteiger partial charge < -0.3 is 20.1 Å². The van der Waals surface area contributed by atoms with Crippen LogP contribution in [0.2, 0.25) is 0 Å². The van der Waals surface area contributed by atoms with Gasteiger partial charge in [0.25, 0.3) is 6.47 Å². The molecule has 0 saturated heterocycles. The lowest BCUT2D eigenvalue weighted by Gasteiger charge is -2.16. The first-order valence-electron chi connectivity index (χ1n) is 8.52. The van der Waals surface area contributed by atoms with Crippen molar-refractivity contribution >= 4 is 47.0 Å². The highest BCUT2D eigenvalue weighted by molar-refractivity contribution is 7.13. The first kappa shape index (κ1) is 18.8. The van der Waals surface area contributed by atoms with Crippen LogP contribution in [0.5, 0.6) is 5.75 Å². The molecule has 29 heavy (non-hydrogen) atoms. The summed E-state index contributed by atoms with van der Waals surface area (Å²) in [6.45, 7) is 0.187. The van der Waals surface area contributed by atoms with E-state index >= 15 is 0 Å². The molecule has 0 spiro atoms. The van der Waals surface area contributed by atoms with Crippen molar-refractivity contribution in [3.63, 3.8) is 0 Å². The number of carbonyl (C=O) groups excluding carboxylic acids is 1. The quantitative estimate of drug-likeness (QED) is 0.368. The average molecular weight is 406 g/mol. The molecule has 2 heterocycles. The summed E-state index contributed by atoms with van der Waals surface area (Å²) >= 11 is 1.47. The fraction of sp³-hybridized carbons (Fsp3) is 0.0526. The van der Waals surface area contributed by atoms with Crippen LogP contribution in [0.15, 0.2) is 48.1 Å². The zero-order chi connectivity index (χ0) is 20.4. The van der Waals surface area contributed by atoms with Gasteiger partial charge in [-0.15, -0.1) is 11.3 Å². The van der Waals surface area contributed by atoms with Crippen LogP contribution in [-0.2, 0) is 9.45 Å². The lowest BCUT2D eigenvalue weighted by molar-refractivity contribution is -0.121. The van der Waals surface area contributed by atoms with Gasteiger partial charge in [0.1, 0.15) is 10.8 Å². The van der Waals surface area contributed by atoms with E-state index in [1.807, 2.05) is 23.6 Å². The third-order valence-corrected chi connectivity index (χ3v) is 5.27. The Morgan fingerprint density at radius 1 is 1.24 bits per heavy atom. The minimum Gasteiger partial charge on any atom is -0.508 e. The van der Waals surface area contributed by atoms with Gasteiger partial charge in [-0.25, -0.2) is 4.98 Å². The number of methoxy groups -OCH3 is 1. The molecular weight excluding hydrogens is 391 g/mol. The second kappa shape index (κ2) is 7.86. The fourth-order valence-corrected chi connectivity index (χ4v) is 3.78. The monoisotopic (exact) mass is 406 g/mol. The van der Waals surface area contributed by atoms with Crippen LogP contribution in [-0.4, -0.2) is 40.9 Å². The molecule has 2 aromatic carbocycles. The molecule has 0 amide bonds. The number of nitrogens with zero attached hydrogens (tertiary/aromatic N) is 3. The van der Waals surface area contributed by atoms with Crippen molar-refractivity contribution in [2.45, 2.75) is 0 Å². The molecule has 144 valence electrons. The number of ether oxygens (including phenoxy) is 1. The molecule has 0 aliphatic carbocycles. The summed E-state index contributed by atoms with van der Waals surface area (Å²) in [5.41, 5.74) is 9.83. The van der Waals surface area contributed by atoms with E-state index in [1.54, 1.807) is 18.3 Å². The maximum atomic E-state index is 10.7. The number of aromatic nitrogens is 3. The van der Waals surface area contributed by atoms with E-state index in [0.29, 0.717) is 22.4 Å². The Morgan fingerprint density at radius 3 is 2.83 bits per heavy atom. The van der Waals surface area contributed by atoms with Gasteiger partial charge in [-0.3, -0.25) is 4.79 Å². The van der Waals surface area contributed by atoms with E-state index in [0.717, 1.165) is 27.1 Å². The van der Waals surface area contributed by atoms with Gasteiger partial charge >= 0.3 is 7.12 Å². The number of fused-ring (bicyclic) bond motifs is 1. The standard InChI is InChI=1S/C19H15BN4O4S/c1-27-18-8-14(19-22-4-5-29-19)13(7-15(18)20(26)28-10-25)11-2-3-12-16(21)9-23-24-17(12)6-11/h2-10,26H,1H3,(H2,21,24). The van der Waals surface area contributed by atoms with Gasteiger partial charge in [-0.2, -0.15) is 10.2 Å². The lowest BCUT2D eigenvalue weighted by atomic mass is 9.76. The maximum Gasteiger partial charge on any atom is 0.565 e. The Bertz CT molecular complexity index is 1190.